The number of rotatable bonds is 4. The number of benzene rings is 1. The summed E-state index contributed by atoms with van der Waals surface area (Å²) in [7, 11) is 2.05. The summed E-state index contributed by atoms with van der Waals surface area (Å²) in [5.41, 5.74) is 8.87. The van der Waals surface area contributed by atoms with Crippen LogP contribution >= 0.6 is 0 Å². The standard InChI is InChI=1S/C14H20N2/c1-4-7-13(8-5-2)16(3)14-10-6-9-12(15)11-14/h4,6-11H,5,15H2,1-3H3/b7-4-,13-8+. The van der Waals surface area contributed by atoms with Gasteiger partial charge in [0, 0.05) is 24.1 Å². The van der Waals surface area contributed by atoms with E-state index in [1.165, 1.54) is 5.70 Å². The lowest BCUT2D eigenvalue weighted by molar-refractivity contribution is 1.09. The molecule has 0 unspecified atom stereocenters. The second-order valence-electron chi connectivity index (χ2n) is 3.69. The minimum atomic E-state index is 0.792. The Morgan fingerprint density at radius 2 is 2.19 bits per heavy atom. The molecule has 2 nitrogen and oxygen atoms in total. The van der Waals surface area contributed by atoms with Gasteiger partial charge in [0.1, 0.15) is 0 Å². The highest BCUT2D eigenvalue weighted by Crippen LogP contribution is 2.20. The fraction of sp³-hybridized carbons (Fsp3) is 0.286. The summed E-state index contributed by atoms with van der Waals surface area (Å²) in [4.78, 5) is 2.14. The Morgan fingerprint density at radius 1 is 1.44 bits per heavy atom. The summed E-state index contributed by atoms with van der Waals surface area (Å²) in [6, 6.07) is 7.91. The van der Waals surface area contributed by atoms with Crippen molar-refractivity contribution in [2.75, 3.05) is 17.7 Å². The highest BCUT2D eigenvalue weighted by Gasteiger charge is 2.03. The van der Waals surface area contributed by atoms with E-state index in [-0.39, 0.29) is 0 Å². The van der Waals surface area contributed by atoms with Crippen molar-refractivity contribution in [3.05, 3.63) is 48.2 Å². The van der Waals surface area contributed by atoms with Gasteiger partial charge < -0.3 is 10.6 Å². The van der Waals surface area contributed by atoms with Crippen LogP contribution in [0.4, 0.5) is 11.4 Å². The van der Waals surface area contributed by atoms with Crippen LogP contribution in [0.3, 0.4) is 0 Å². The fourth-order valence-electron chi connectivity index (χ4n) is 1.58. The summed E-state index contributed by atoms with van der Waals surface area (Å²) < 4.78 is 0. The maximum Gasteiger partial charge on any atom is 0.0428 e. The van der Waals surface area contributed by atoms with Crippen molar-refractivity contribution in [2.24, 2.45) is 0 Å². The first-order valence-electron chi connectivity index (χ1n) is 5.61. The van der Waals surface area contributed by atoms with E-state index in [9.17, 15) is 0 Å². The number of nitrogen functional groups attached to an aromatic ring is 1. The average molecular weight is 216 g/mol. The van der Waals surface area contributed by atoms with Gasteiger partial charge in [-0.25, -0.2) is 0 Å². The molecule has 0 atom stereocenters. The van der Waals surface area contributed by atoms with Crippen molar-refractivity contribution in [3.63, 3.8) is 0 Å². The molecular formula is C14H20N2. The largest absolute Gasteiger partial charge is 0.399 e. The third-order valence-electron chi connectivity index (χ3n) is 2.40. The summed E-state index contributed by atoms with van der Waals surface area (Å²) in [6.45, 7) is 4.16. The van der Waals surface area contributed by atoms with Crippen LogP contribution in [0, 0.1) is 0 Å². The Hall–Kier alpha value is -1.70. The van der Waals surface area contributed by atoms with Crippen molar-refractivity contribution in [1.29, 1.82) is 0 Å². The normalized spacial score (nSPS) is 12.1. The maximum atomic E-state index is 5.78. The van der Waals surface area contributed by atoms with Crippen LogP contribution in [-0.2, 0) is 0 Å². The molecule has 2 heteroatoms. The number of hydrogen-bond acceptors (Lipinski definition) is 2. The number of allylic oxidation sites excluding steroid dienone is 3. The van der Waals surface area contributed by atoms with Gasteiger partial charge in [0.25, 0.3) is 0 Å². The number of likely N-dealkylation sites (N-methyl/N-ethyl adjacent to an activating group) is 1. The van der Waals surface area contributed by atoms with Crippen LogP contribution in [0.25, 0.3) is 0 Å². The molecular weight excluding hydrogens is 196 g/mol. The first kappa shape index (κ1) is 12.4. The molecule has 1 rings (SSSR count). The SMILES string of the molecule is C/C=C\C(=C/CC)N(C)c1cccc(N)c1. The molecule has 0 bridgehead atoms. The fourth-order valence-corrected chi connectivity index (χ4v) is 1.58. The van der Waals surface area contributed by atoms with Gasteiger partial charge in [-0.1, -0.05) is 25.1 Å². The molecule has 0 amide bonds. The molecule has 0 saturated heterocycles. The molecule has 2 N–H and O–H groups in total. The Morgan fingerprint density at radius 3 is 2.75 bits per heavy atom. The molecule has 0 radical (unpaired) electrons. The predicted octanol–water partition coefficient (Wildman–Crippen LogP) is 3.58. The highest BCUT2D eigenvalue weighted by atomic mass is 15.1. The molecule has 0 aliphatic rings. The van der Waals surface area contributed by atoms with Gasteiger partial charge >= 0.3 is 0 Å². The van der Waals surface area contributed by atoms with E-state index in [4.69, 9.17) is 5.73 Å². The van der Waals surface area contributed by atoms with Gasteiger partial charge in [-0.15, -0.1) is 0 Å². The van der Waals surface area contributed by atoms with Crippen molar-refractivity contribution < 1.29 is 0 Å². The Labute approximate surface area is 98.1 Å². The summed E-state index contributed by atoms with van der Waals surface area (Å²) in [5.74, 6) is 0. The molecule has 0 spiro atoms. The first-order chi connectivity index (χ1) is 7.69. The van der Waals surface area contributed by atoms with Crippen molar-refractivity contribution >= 4 is 11.4 Å². The first-order valence-corrected chi connectivity index (χ1v) is 5.61. The number of nitrogens with two attached hydrogens (primary N) is 1. The number of hydrogen-bond donors (Lipinski definition) is 1. The number of anilines is 2. The molecule has 86 valence electrons. The molecule has 16 heavy (non-hydrogen) atoms. The van der Waals surface area contributed by atoms with E-state index >= 15 is 0 Å². The van der Waals surface area contributed by atoms with Crippen molar-refractivity contribution in [2.45, 2.75) is 20.3 Å². The van der Waals surface area contributed by atoms with E-state index in [1.54, 1.807) is 0 Å². The molecule has 0 aliphatic heterocycles. The molecule has 1 aromatic rings. The summed E-state index contributed by atoms with van der Waals surface area (Å²) in [5, 5.41) is 0. The second-order valence-corrected chi connectivity index (χ2v) is 3.69. The lowest BCUT2D eigenvalue weighted by Crippen LogP contribution is -2.15. The average Bonchev–Trinajstić information content (AvgIpc) is 2.28. The zero-order valence-electron chi connectivity index (χ0n) is 10.3. The molecule has 0 aromatic heterocycles. The molecule has 0 fully saturated rings. The van der Waals surface area contributed by atoms with Crippen molar-refractivity contribution in [3.8, 4) is 0 Å². The monoisotopic (exact) mass is 216 g/mol. The quantitative estimate of drug-likeness (QED) is 0.615. The van der Waals surface area contributed by atoms with E-state index in [2.05, 4.69) is 37.1 Å². The number of nitrogens with zero attached hydrogens (tertiary/aromatic N) is 1. The Balaban J connectivity index is 2.99. The van der Waals surface area contributed by atoms with Crippen LogP contribution in [0.1, 0.15) is 20.3 Å². The van der Waals surface area contributed by atoms with Gasteiger partial charge in [-0.2, -0.15) is 0 Å². The van der Waals surface area contributed by atoms with Gasteiger partial charge in [0.2, 0.25) is 0 Å². The zero-order valence-corrected chi connectivity index (χ0v) is 10.3. The van der Waals surface area contributed by atoms with E-state index < -0.39 is 0 Å². The van der Waals surface area contributed by atoms with Crippen LogP contribution in [0.2, 0.25) is 0 Å². The van der Waals surface area contributed by atoms with Crippen LogP contribution in [0.5, 0.6) is 0 Å². The summed E-state index contributed by atoms with van der Waals surface area (Å²) >= 11 is 0. The van der Waals surface area contributed by atoms with Gasteiger partial charge in [-0.05, 0) is 37.6 Å². The molecule has 0 heterocycles. The van der Waals surface area contributed by atoms with Gasteiger partial charge in [-0.3, -0.25) is 0 Å². The minimum absolute atomic E-state index is 0.792. The Bertz CT molecular complexity index is 391. The van der Waals surface area contributed by atoms with Crippen LogP contribution < -0.4 is 10.6 Å². The third kappa shape index (κ3) is 3.16. The van der Waals surface area contributed by atoms with Gasteiger partial charge in [0.15, 0.2) is 0 Å². The van der Waals surface area contributed by atoms with E-state index in [1.807, 2.05) is 31.2 Å². The van der Waals surface area contributed by atoms with Gasteiger partial charge in [0.05, 0.1) is 0 Å². The highest BCUT2D eigenvalue weighted by molar-refractivity contribution is 5.59. The lowest BCUT2D eigenvalue weighted by atomic mass is 10.2. The van der Waals surface area contributed by atoms with Crippen molar-refractivity contribution in [1.82, 2.24) is 0 Å². The smallest absolute Gasteiger partial charge is 0.0428 e. The topological polar surface area (TPSA) is 29.3 Å². The second kappa shape index (κ2) is 6.01. The lowest BCUT2D eigenvalue weighted by Gasteiger charge is -2.21. The molecule has 0 aliphatic carbocycles. The predicted molar refractivity (Wildman–Crippen MR) is 72.4 cm³/mol. The van der Waals surface area contributed by atoms with Crippen LogP contribution in [-0.4, -0.2) is 7.05 Å². The maximum absolute atomic E-state index is 5.78. The van der Waals surface area contributed by atoms with E-state index in [0.717, 1.165) is 17.8 Å². The summed E-state index contributed by atoms with van der Waals surface area (Å²) in [6.07, 6.45) is 7.37. The molecule has 0 saturated carbocycles. The van der Waals surface area contributed by atoms with Crippen LogP contribution in [0.15, 0.2) is 48.2 Å². The zero-order chi connectivity index (χ0) is 12.0. The Kier molecular flexibility index (Phi) is 4.65. The van der Waals surface area contributed by atoms with E-state index in [0.29, 0.717) is 0 Å². The minimum Gasteiger partial charge on any atom is -0.399 e. The third-order valence-corrected chi connectivity index (χ3v) is 2.40. The molecule has 1 aromatic carbocycles.